The van der Waals surface area contributed by atoms with Crippen LogP contribution in [0.15, 0.2) is 12.3 Å². The monoisotopic (exact) mass is 231 g/mol. The number of carbonyl (C=O) groups excluding carboxylic acids is 1. The van der Waals surface area contributed by atoms with Gasteiger partial charge < -0.3 is 4.74 Å². The Hall–Kier alpha value is -1.16. The molecule has 15 heavy (non-hydrogen) atoms. The summed E-state index contributed by atoms with van der Waals surface area (Å²) in [5.41, 5.74) is 0.518. The maximum atomic E-state index is 12.8. The zero-order chi connectivity index (χ0) is 11.3. The molecule has 0 N–H and O–H groups in total. The zero-order valence-electron chi connectivity index (χ0n) is 8.30. The minimum absolute atomic E-state index is 0.179. The second-order valence-corrected chi connectivity index (χ2v) is 3.27. The van der Waals surface area contributed by atoms with E-state index in [-0.39, 0.29) is 17.5 Å². The summed E-state index contributed by atoms with van der Waals surface area (Å²) in [5.74, 6) is -0.781. The molecule has 0 atom stereocenters. The Morgan fingerprint density at radius 1 is 1.67 bits per heavy atom. The molecule has 0 aliphatic carbocycles. The van der Waals surface area contributed by atoms with Crippen LogP contribution in [0.1, 0.15) is 18.9 Å². The molecule has 3 nitrogen and oxygen atoms in total. The highest BCUT2D eigenvalue weighted by atomic mass is 35.5. The lowest BCUT2D eigenvalue weighted by atomic mass is 10.1. The fourth-order valence-corrected chi connectivity index (χ4v) is 1.31. The van der Waals surface area contributed by atoms with Crippen molar-refractivity contribution in [2.24, 2.45) is 0 Å². The SMILES string of the molecule is CCOC(=O)CCc1cc(F)cnc1Cl. The Bertz CT molecular complexity index is 357. The number of aromatic nitrogens is 1. The number of halogens is 2. The van der Waals surface area contributed by atoms with E-state index in [0.29, 0.717) is 18.6 Å². The van der Waals surface area contributed by atoms with Crippen molar-refractivity contribution >= 4 is 17.6 Å². The number of carbonyl (C=O) groups is 1. The molecular weight excluding hydrogens is 221 g/mol. The van der Waals surface area contributed by atoms with E-state index < -0.39 is 5.82 Å². The van der Waals surface area contributed by atoms with Crippen LogP contribution in [-0.4, -0.2) is 17.6 Å². The fraction of sp³-hybridized carbons (Fsp3) is 0.400. The third-order valence-corrected chi connectivity index (χ3v) is 2.12. The molecule has 0 aliphatic rings. The highest BCUT2D eigenvalue weighted by Crippen LogP contribution is 2.15. The van der Waals surface area contributed by atoms with E-state index in [0.717, 1.165) is 6.20 Å². The van der Waals surface area contributed by atoms with Gasteiger partial charge in [-0.05, 0) is 25.0 Å². The molecule has 1 heterocycles. The average molecular weight is 232 g/mol. The first-order valence-corrected chi connectivity index (χ1v) is 4.96. The normalized spacial score (nSPS) is 10.1. The minimum Gasteiger partial charge on any atom is -0.466 e. The van der Waals surface area contributed by atoms with Gasteiger partial charge in [0.2, 0.25) is 0 Å². The van der Waals surface area contributed by atoms with Gasteiger partial charge in [-0.3, -0.25) is 4.79 Å². The second-order valence-electron chi connectivity index (χ2n) is 2.91. The van der Waals surface area contributed by atoms with E-state index in [2.05, 4.69) is 4.98 Å². The molecule has 0 aliphatic heterocycles. The molecule has 0 saturated carbocycles. The lowest BCUT2D eigenvalue weighted by Gasteiger charge is -2.03. The van der Waals surface area contributed by atoms with E-state index in [4.69, 9.17) is 16.3 Å². The molecule has 0 unspecified atom stereocenters. The first-order chi connectivity index (χ1) is 7.13. The van der Waals surface area contributed by atoms with Crippen molar-refractivity contribution < 1.29 is 13.9 Å². The number of hydrogen-bond acceptors (Lipinski definition) is 3. The van der Waals surface area contributed by atoms with E-state index in [1.807, 2.05) is 0 Å². The fourth-order valence-electron chi connectivity index (χ4n) is 1.11. The standard InChI is InChI=1S/C10H11ClFNO2/c1-2-15-9(14)4-3-7-5-8(12)6-13-10(7)11/h5-6H,2-4H2,1H3. The number of ether oxygens (including phenoxy) is 1. The van der Waals surface area contributed by atoms with Crippen molar-refractivity contribution in [3.63, 3.8) is 0 Å². The van der Waals surface area contributed by atoms with Gasteiger partial charge in [-0.15, -0.1) is 0 Å². The first kappa shape index (κ1) is 11.9. The molecule has 0 fully saturated rings. The average Bonchev–Trinajstić information content (AvgIpc) is 2.20. The molecule has 1 rings (SSSR count). The second kappa shape index (κ2) is 5.66. The van der Waals surface area contributed by atoms with Crippen LogP contribution >= 0.6 is 11.6 Å². The van der Waals surface area contributed by atoms with E-state index in [1.165, 1.54) is 6.07 Å². The predicted octanol–water partition coefficient (Wildman–Crippen LogP) is 2.37. The highest BCUT2D eigenvalue weighted by Gasteiger charge is 2.07. The molecule has 82 valence electrons. The summed E-state index contributed by atoms with van der Waals surface area (Å²) in [7, 11) is 0. The van der Waals surface area contributed by atoms with Gasteiger partial charge in [0.1, 0.15) is 11.0 Å². The number of rotatable bonds is 4. The topological polar surface area (TPSA) is 39.2 Å². The summed E-state index contributed by atoms with van der Waals surface area (Å²) in [6.45, 7) is 2.07. The molecule has 0 radical (unpaired) electrons. The summed E-state index contributed by atoms with van der Waals surface area (Å²) < 4.78 is 17.5. The lowest BCUT2D eigenvalue weighted by Crippen LogP contribution is -2.05. The van der Waals surface area contributed by atoms with Crippen LogP contribution in [0.2, 0.25) is 5.15 Å². The van der Waals surface area contributed by atoms with Gasteiger partial charge >= 0.3 is 5.97 Å². The zero-order valence-corrected chi connectivity index (χ0v) is 9.05. The quantitative estimate of drug-likeness (QED) is 0.590. The van der Waals surface area contributed by atoms with Crippen LogP contribution in [0.5, 0.6) is 0 Å². The maximum absolute atomic E-state index is 12.8. The molecule has 0 amide bonds. The van der Waals surface area contributed by atoms with Gasteiger partial charge in [-0.25, -0.2) is 9.37 Å². The Kier molecular flexibility index (Phi) is 4.49. The molecule has 0 aromatic carbocycles. The smallest absolute Gasteiger partial charge is 0.306 e. The highest BCUT2D eigenvalue weighted by molar-refractivity contribution is 6.30. The largest absolute Gasteiger partial charge is 0.466 e. The Balaban J connectivity index is 2.57. The summed E-state index contributed by atoms with van der Waals surface area (Å²) in [5, 5.41) is 0.223. The van der Waals surface area contributed by atoms with Crippen LogP contribution in [0.4, 0.5) is 4.39 Å². The molecule has 0 spiro atoms. The molecular formula is C10H11ClFNO2. The van der Waals surface area contributed by atoms with Gasteiger partial charge in [-0.2, -0.15) is 0 Å². The van der Waals surface area contributed by atoms with Gasteiger partial charge in [0.15, 0.2) is 0 Å². The van der Waals surface area contributed by atoms with Crippen molar-refractivity contribution in [3.8, 4) is 0 Å². The van der Waals surface area contributed by atoms with E-state index >= 15 is 0 Å². The predicted molar refractivity (Wildman–Crippen MR) is 54.2 cm³/mol. The number of aryl methyl sites for hydroxylation is 1. The van der Waals surface area contributed by atoms with Crippen LogP contribution in [0.3, 0.4) is 0 Å². The van der Waals surface area contributed by atoms with Crippen LogP contribution in [0, 0.1) is 5.82 Å². The van der Waals surface area contributed by atoms with Crippen molar-refractivity contribution in [1.82, 2.24) is 4.98 Å². The summed E-state index contributed by atoms with van der Waals surface area (Å²) in [6.07, 6.45) is 1.55. The van der Waals surface area contributed by atoms with Crippen molar-refractivity contribution in [2.45, 2.75) is 19.8 Å². The molecule has 0 bridgehead atoms. The van der Waals surface area contributed by atoms with Gasteiger partial charge in [0.05, 0.1) is 12.8 Å². The molecule has 1 aromatic heterocycles. The van der Waals surface area contributed by atoms with Crippen LogP contribution in [-0.2, 0) is 16.0 Å². The molecule has 0 saturated heterocycles. The lowest BCUT2D eigenvalue weighted by molar-refractivity contribution is -0.143. The third-order valence-electron chi connectivity index (χ3n) is 1.78. The van der Waals surface area contributed by atoms with Gasteiger partial charge in [-0.1, -0.05) is 11.6 Å². The Labute approximate surface area is 92.2 Å². The van der Waals surface area contributed by atoms with Crippen molar-refractivity contribution in [2.75, 3.05) is 6.61 Å². The summed E-state index contributed by atoms with van der Waals surface area (Å²) in [4.78, 5) is 14.7. The van der Waals surface area contributed by atoms with Gasteiger partial charge in [0.25, 0.3) is 0 Å². The number of pyridine rings is 1. The first-order valence-electron chi connectivity index (χ1n) is 4.59. The Morgan fingerprint density at radius 2 is 2.40 bits per heavy atom. The summed E-state index contributed by atoms with van der Waals surface area (Å²) in [6, 6.07) is 1.27. The number of hydrogen-bond donors (Lipinski definition) is 0. The van der Waals surface area contributed by atoms with Crippen molar-refractivity contribution in [1.29, 1.82) is 0 Å². The maximum Gasteiger partial charge on any atom is 0.306 e. The number of nitrogens with zero attached hydrogens (tertiary/aromatic N) is 1. The molecule has 1 aromatic rings. The minimum atomic E-state index is -0.460. The van der Waals surface area contributed by atoms with Crippen LogP contribution in [0.25, 0.3) is 0 Å². The Morgan fingerprint density at radius 3 is 3.07 bits per heavy atom. The van der Waals surface area contributed by atoms with E-state index in [9.17, 15) is 9.18 Å². The van der Waals surface area contributed by atoms with Gasteiger partial charge in [0, 0.05) is 6.42 Å². The summed E-state index contributed by atoms with van der Waals surface area (Å²) >= 11 is 5.73. The number of esters is 1. The third kappa shape index (κ3) is 3.83. The molecule has 5 heteroatoms. The van der Waals surface area contributed by atoms with Crippen molar-refractivity contribution in [3.05, 3.63) is 28.8 Å². The van der Waals surface area contributed by atoms with E-state index in [1.54, 1.807) is 6.92 Å². The van der Waals surface area contributed by atoms with Crippen LogP contribution < -0.4 is 0 Å².